The molecule has 3 rings (SSSR count). The molecule has 0 fully saturated rings. The highest BCUT2D eigenvalue weighted by Crippen LogP contribution is 2.27. The number of hydrogen-bond acceptors (Lipinski definition) is 4. The van der Waals surface area contributed by atoms with Gasteiger partial charge >= 0.3 is 5.97 Å². The Kier molecular flexibility index (Phi) is 5.84. The number of benzene rings is 1. The van der Waals surface area contributed by atoms with Crippen molar-refractivity contribution in [3.05, 3.63) is 71.9 Å². The van der Waals surface area contributed by atoms with Crippen LogP contribution in [0, 0.1) is 12.7 Å². The van der Waals surface area contributed by atoms with E-state index in [1.54, 1.807) is 61.1 Å². The van der Waals surface area contributed by atoms with Crippen molar-refractivity contribution in [3.63, 3.8) is 0 Å². The van der Waals surface area contributed by atoms with Gasteiger partial charge in [-0.15, -0.1) is 0 Å². The Balaban J connectivity index is 1.96. The molecule has 0 bridgehead atoms. The summed E-state index contributed by atoms with van der Waals surface area (Å²) in [6.07, 6.45) is 3.16. The molecule has 0 aliphatic rings. The van der Waals surface area contributed by atoms with Crippen LogP contribution in [0.3, 0.4) is 0 Å². The Bertz CT molecular complexity index is 982. The molecule has 0 saturated heterocycles. The Morgan fingerprint density at radius 1 is 1.21 bits per heavy atom. The number of carbonyl (C=O) groups is 2. The standard InChI is InChI=1S/C21H20FN3O3/c1-3-28-21(27)18-11-19(15-6-8-16(22)9-7-15)25(14(18)2)13-20(26)24-17-5-4-10-23-12-17/h4-12H,3,13H2,1-2H3,(H,24,26). The molecule has 3 aromatic rings. The highest BCUT2D eigenvalue weighted by atomic mass is 19.1. The maximum absolute atomic E-state index is 13.3. The fourth-order valence-electron chi connectivity index (χ4n) is 2.91. The van der Waals surface area contributed by atoms with Gasteiger partial charge in [0, 0.05) is 17.6 Å². The topological polar surface area (TPSA) is 73.2 Å². The molecule has 0 saturated carbocycles. The lowest BCUT2D eigenvalue weighted by Gasteiger charge is -2.12. The largest absolute Gasteiger partial charge is 0.462 e. The number of ether oxygens (including phenoxy) is 1. The molecule has 2 heterocycles. The van der Waals surface area contributed by atoms with E-state index in [1.807, 2.05) is 0 Å². The van der Waals surface area contributed by atoms with Gasteiger partial charge in [0.15, 0.2) is 0 Å². The number of rotatable bonds is 6. The van der Waals surface area contributed by atoms with E-state index >= 15 is 0 Å². The van der Waals surface area contributed by atoms with Crippen molar-refractivity contribution in [1.29, 1.82) is 0 Å². The lowest BCUT2D eigenvalue weighted by molar-refractivity contribution is -0.116. The summed E-state index contributed by atoms with van der Waals surface area (Å²) in [6, 6.07) is 11.0. The lowest BCUT2D eigenvalue weighted by atomic mass is 10.1. The fraction of sp³-hybridized carbons (Fsp3) is 0.190. The van der Waals surface area contributed by atoms with Crippen LogP contribution in [-0.4, -0.2) is 28.0 Å². The van der Waals surface area contributed by atoms with Crippen LogP contribution < -0.4 is 5.32 Å². The molecule has 28 heavy (non-hydrogen) atoms. The quantitative estimate of drug-likeness (QED) is 0.659. The smallest absolute Gasteiger partial charge is 0.339 e. The van der Waals surface area contributed by atoms with E-state index in [1.165, 1.54) is 12.1 Å². The van der Waals surface area contributed by atoms with Gasteiger partial charge in [-0.1, -0.05) is 0 Å². The zero-order valence-electron chi connectivity index (χ0n) is 15.6. The van der Waals surface area contributed by atoms with Crippen LogP contribution in [0.2, 0.25) is 0 Å². The van der Waals surface area contributed by atoms with Crippen LogP contribution in [0.15, 0.2) is 54.9 Å². The molecular formula is C21H20FN3O3. The van der Waals surface area contributed by atoms with Crippen molar-refractivity contribution < 1.29 is 18.7 Å². The van der Waals surface area contributed by atoms with Crippen LogP contribution in [0.4, 0.5) is 10.1 Å². The van der Waals surface area contributed by atoms with E-state index in [4.69, 9.17) is 4.74 Å². The minimum Gasteiger partial charge on any atom is -0.462 e. The third kappa shape index (κ3) is 4.25. The van der Waals surface area contributed by atoms with Crippen LogP contribution in [0.1, 0.15) is 23.0 Å². The highest BCUT2D eigenvalue weighted by molar-refractivity contribution is 5.94. The van der Waals surface area contributed by atoms with Gasteiger partial charge in [-0.25, -0.2) is 9.18 Å². The summed E-state index contributed by atoms with van der Waals surface area (Å²) < 4.78 is 20.1. The molecule has 2 aromatic heterocycles. The van der Waals surface area contributed by atoms with Gasteiger partial charge in [0.05, 0.1) is 24.1 Å². The zero-order valence-corrected chi connectivity index (χ0v) is 15.6. The molecule has 0 aliphatic heterocycles. The monoisotopic (exact) mass is 381 g/mol. The van der Waals surface area contributed by atoms with Crippen LogP contribution in [-0.2, 0) is 16.1 Å². The summed E-state index contributed by atoms with van der Waals surface area (Å²) in [5.74, 6) is -1.10. The average molecular weight is 381 g/mol. The number of nitrogens with one attached hydrogen (secondary N) is 1. The van der Waals surface area contributed by atoms with Crippen molar-refractivity contribution in [2.45, 2.75) is 20.4 Å². The molecule has 1 amide bonds. The minimum atomic E-state index is -0.463. The van der Waals surface area contributed by atoms with E-state index < -0.39 is 5.97 Å². The highest BCUT2D eigenvalue weighted by Gasteiger charge is 2.21. The number of halogens is 1. The predicted octanol–water partition coefficient (Wildman–Crippen LogP) is 3.81. The van der Waals surface area contributed by atoms with E-state index in [0.717, 1.165) is 0 Å². The first-order valence-electron chi connectivity index (χ1n) is 8.82. The van der Waals surface area contributed by atoms with Gasteiger partial charge < -0.3 is 14.6 Å². The first kappa shape index (κ1) is 19.3. The second-order valence-electron chi connectivity index (χ2n) is 6.13. The molecule has 0 spiro atoms. The third-order valence-corrected chi connectivity index (χ3v) is 4.25. The fourth-order valence-corrected chi connectivity index (χ4v) is 2.91. The van der Waals surface area contributed by atoms with E-state index in [-0.39, 0.29) is 24.9 Å². The molecular weight excluding hydrogens is 361 g/mol. The Morgan fingerprint density at radius 2 is 1.96 bits per heavy atom. The van der Waals surface area contributed by atoms with Crippen LogP contribution in [0.25, 0.3) is 11.3 Å². The number of anilines is 1. The SMILES string of the molecule is CCOC(=O)c1cc(-c2ccc(F)cc2)n(CC(=O)Nc2cccnc2)c1C. The van der Waals surface area contributed by atoms with Crippen molar-refractivity contribution in [2.75, 3.05) is 11.9 Å². The lowest BCUT2D eigenvalue weighted by Crippen LogP contribution is -2.20. The average Bonchev–Trinajstić information content (AvgIpc) is 3.00. The number of nitrogens with zero attached hydrogens (tertiary/aromatic N) is 2. The first-order valence-corrected chi connectivity index (χ1v) is 8.82. The number of esters is 1. The first-order chi connectivity index (χ1) is 13.5. The van der Waals surface area contributed by atoms with Crippen LogP contribution in [0.5, 0.6) is 0 Å². The number of aromatic nitrogens is 2. The molecule has 0 atom stereocenters. The second-order valence-corrected chi connectivity index (χ2v) is 6.13. The minimum absolute atomic E-state index is 0.0210. The number of amides is 1. The summed E-state index contributed by atoms with van der Waals surface area (Å²) >= 11 is 0. The Hall–Kier alpha value is -3.48. The Labute approximate surface area is 162 Å². The number of carbonyl (C=O) groups excluding carboxylic acids is 2. The van der Waals surface area contributed by atoms with Gasteiger partial charge in [0.1, 0.15) is 12.4 Å². The number of hydrogen-bond donors (Lipinski definition) is 1. The molecule has 7 heteroatoms. The maximum Gasteiger partial charge on any atom is 0.339 e. The molecule has 1 N–H and O–H groups in total. The van der Waals surface area contributed by atoms with Gasteiger partial charge in [0.2, 0.25) is 5.91 Å². The van der Waals surface area contributed by atoms with Gasteiger partial charge in [-0.2, -0.15) is 0 Å². The molecule has 144 valence electrons. The van der Waals surface area contributed by atoms with E-state index in [0.29, 0.717) is 28.2 Å². The van der Waals surface area contributed by atoms with Gasteiger partial charge in [-0.05, 0) is 61.9 Å². The van der Waals surface area contributed by atoms with E-state index in [9.17, 15) is 14.0 Å². The van der Waals surface area contributed by atoms with Crippen molar-refractivity contribution in [2.24, 2.45) is 0 Å². The van der Waals surface area contributed by atoms with Crippen molar-refractivity contribution in [3.8, 4) is 11.3 Å². The van der Waals surface area contributed by atoms with Crippen LogP contribution >= 0.6 is 0 Å². The van der Waals surface area contributed by atoms with E-state index in [2.05, 4.69) is 10.3 Å². The third-order valence-electron chi connectivity index (χ3n) is 4.25. The Morgan fingerprint density at radius 3 is 2.61 bits per heavy atom. The second kappa shape index (κ2) is 8.47. The maximum atomic E-state index is 13.3. The molecule has 0 unspecified atom stereocenters. The predicted molar refractivity (Wildman–Crippen MR) is 103 cm³/mol. The number of pyridine rings is 1. The summed E-state index contributed by atoms with van der Waals surface area (Å²) in [4.78, 5) is 28.8. The summed E-state index contributed by atoms with van der Waals surface area (Å²) in [5.41, 5.74) is 2.86. The molecule has 1 aromatic carbocycles. The zero-order chi connectivity index (χ0) is 20.1. The molecule has 0 radical (unpaired) electrons. The summed E-state index contributed by atoms with van der Waals surface area (Å²) in [6.45, 7) is 3.70. The van der Waals surface area contributed by atoms with Crippen molar-refractivity contribution in [1.82, 2.24) is 9.55 Å². The normalized spacial score (nSPS) is 10.5. The van der Waals surface area contributed by atoms with Gasteiger partial charge in [-0.3, -0.25) is 9.78 Å². The van der Waals surface area contributed by atoms with Gasteiger partial charge in [0.25, 0.3) is 0 Å². The molecule has 0 aliphatic carbocycles. The summed E-state index contributed by atoms with van der Waals surface area (Å²) in [7, 11) is 0. The van der Waals surface area contributed by atoms with Crippen molar-refractivity contribution >= 4 is 17.6 Å². The molecule has 6 nitrogen and oxygen atoms in total. The summed E-state index contributed by atoms with van der Waals surface area (Å²) in [5, 5.41) is 2.77.